The molecule has 0 bridgehead atoms. The zero-order valence-electron chi connectivity index (χ0n) is 15.7. The lowest BCUT2D eigenvalue weighted by atomic mass is 10.1. The molecule has 0 saturated heterocycles. The second-order valence-electron chi connectivity index (χ2n) is 6.36. The van der Waals surface area contributed by atoms with Crippen molar-refractivity contribution in [1.29, 1.82) is 0 Å². The fourth-order valence-corrected chi connectivity index (χ4v) is 4.40. The van der Waals surface area contributed by atoms with Gasteiger partial charge in [0.05, 0.1) is 17.7 Å². The Bertz CT molecular complexity index is 863. The monoisotopic (exact) mass is 402 g/mol. The number of aromatic nitrogens is 1. The summed E-state index contributed by atoms with van der Waals surface area (Å²) >= 11 is 1.41. The van der Waals surface area contributed by atoms with E-state index in [1.807, 2.05) is 0 Å². The van der Waals surface area contributed by atoms with Crippen molar-refractivity contribution >= 4 is 34.2 Å². The van der Waals surface area contributed by atoms with E-state index in [0.29, 0.717) is 10.6 Å². The molecule has 28 heavy (non-hydrogen) atoms. The number of rotatable bonds is 6. The molecular weight excluding hydrogens is 380 g/mol. The molecule has 8 heteroatoms. The summed E-state index contributed by atoms with van der Waals surface area (Å²) in [5, 5.41) is 3.19. The van der Waals surface area contributed by atoms with Crippen molar-refractivity contribution in [3.63, 3.8) is 0 Å². The third-order valence-corrected chi connectivity index (χ3v) is 5.59. The van der Waals surface area contributed by atoms with Crippen LogP contribution in [0.1, 0.15) is 57.3 Å². The van der Waals surface area contributed by atoms with E-state index >= 15 is 0 Å². The first-order valence-corrected chi connectivity index (χ1v) is 10.1. The van der Waals surface area contributed by atoms with Crippen LogP contribution in [0.25, 0.3) is 0 Å². The van der Waals surface area contributed by atoms with E-state index in [-0.39, 0.29) is 12.2 Å². The van der Waals surface area contributed by atoms with Gasteiger partial charge in [0.15, 0.2) is 6.61 Å². The molecule has 0 aliphatic heterocycles. The highest BCUT2D eigenvalue weighted by Crippen LogP contribution is 2.38. The van der Waals surface area contributed by atoms with Gasteiger partial charge in [0.25, 0.3) is 5.91 Å². The van der Waals surface area contributed by atoms with Gasteiger partial charge in [-0.15, -0.1) is 11.3 Å². The molecule has 2 aromatic heterocycles. The van der Waals surface area contributed by atoms with Crippen LogP contribution in [-0.4, -0.2) is 36.0 Å². The standard InChI is InChI=1S/C20H22N2O5S/c1-2-26-20(25)17-14-8-4-3-5-9-15(14)28-18(17)22-16(23)12-27-19(24)13-7-6-10-21-11-13/h6-7,10-11H,2-5,8-9,12H2,1H3,(H,22,23). The fourth-order valence-electron chi connectivity index (χ4n) is 3.11. The number of thiophene rings is 1. The van der Waals surface area contributed by atoms with E-state index in [2.05, 4.69) is 10.3 Å². The van der Waals surface area contributed by atoms with Gasteiger partial charge in [-0.05, 0) is 50.3 Å². The molecular formula is C20H22N2O5S. The minimum absolute atomic E-state index is 0.263. The van der Waals surface area contributed by atoms with Crippen LogP contribution < -0.4 is 5.32 Å². The summed E-state index contributed by atoms with van der Waals surface area (Å²) in [6.07, 6.45) is 7.79. The van der Waals surface area contributed by atoms with Crippen molar-refractivity contribution in [2.75, 3.05) is 18.5 Å². The Hall–Kier alpha value is -2.74. The zero-order chi connectivity index (χ0) is 19.9. The molecule has 0 unspecified atom stereocenters. The molecule has 0 aromatic carbocycles. The normalized spacial score (nSPS) is 13.2. The van der Waals surface area contributed by atoms with Crippen LogP contribution in [0, 0.1) is 0 Å². The maximum atomic E-state index is 12.5. The summed E-state index contributed by atoms with van der Waals surface area (Å²) in [6, 6.07) is 3.17. The molecule has 0 saturated carbocycles. The van der Waals surface area contributed by atoms with Gasteiger partial charge in [-0.2, -0.15) is 0 Å². The van der Waals surface area contributed by atoms with Gasteiger partial charge >= 0.3 is 11.9 Å². The second-order valence-corrected chi connectivity index (χ2v) is 7.46. The smallest absolute Gasteiger partial charge is 0.341 e. The number of carbonyl (C=O) groups is 3. The third-order valence-electron chi connectivity index (χ3n) is 4.39. The molecule has 0 spiro atoms. The topological polar surface area (TPSA) is 94.6 Å². The highest BCUT2D eigenvalue weighted by atomic mass is 32.1. The van der Waals surface area contributed by atoms with Crippen LogP contribution in [0.5, 0.6) is 0 Å². The number of hydrogen-bond donors (Lipinski definition) is 1. The van der Waals surface area contributed by atoms with Crippen molar-refractivity contribution in [3.05, 3.63) is 46.1 Å². The highest BCUT2D eigenvalue weighted by Gasteiger charge is 2.26. The van der Waals surface area contributed by atoms with Crippen molar-refractivity contribution in [3.8, 4) is 0 Å². The molecule has 1 N–H and O–H groups in total. The molecule has 2 aromatic rings. The largest absolute Gasteiger partial charge is 0.462 e. The SMILES string of the molecule is CCOC(=O)c1c(NC(=O)COC(=O)c2cccnc2)sc2c1CCCCC2. The molecule has 3 rings (SSSR count). The quantitative estimate of drug-likeness (QED) is 0.588. The molecule has 2 heterocycles. The van der Waals surface area contributed by atoms with Crippen LogP contribution in [0.3, 0.4) is 0 Å². The number of esters is 2. The predicted octanol–water partition coefficient (Wildman–Crippen LogP) is 3.38. The van der Waals surface area contributed by atoms with Gasteiger partial charge in [-0.1, -0.05) is 6.42 Å². The van der Waals surface area contributed by atoms with Gasteiger partial charge in [0, 0.05) is 17.3 Å². The van der Waals surface area contributed by atoms with Gasteiger partial charge in [0.1, 0.15) is 5.00 Å². The average molecular weight is 402 g/mol. The molecule has 0 radical (unpaired) electrons. The van der Waals surface area contributed by atoms with Gasteiger partial charge in [-0.25, -0.2) is 9.59 Å². The number of hydrogen-bond acceptors (Lipinski definition) is 7. The van der Waals surface area contributed by atoms with Crippen molar-refractivity contribution < 1.29 is 23.9 Å². The van der Waals surface area contributed by atoms with Crippen LogP contribution in [0.15, 0.2) is 24.5 Å². The van der Waals surface area contributed by atoms with E-state index in [0.717, 1.165) is 42.5 Å². The van der Waals surface area contributed by atoms with Gasteiger partial charge in [0.2, 0.25) is 0 Å². The number of nitrogens with zero attached hydrogens (tertiary/aromatic N) is 1. The number of nitrogens with one attached hydrogen (secondary N) is 1. The highest BCUT2D eigenvalue weighted by molar-refractivity contribution is 7.17. The molecule has 1 aliphatic rings. The summed E-state index contributed by atoms with van der Waals surface area (Å²) < 4.78 is 10.2. The number of ether oxygens (including phenoxy) is 2. The molecule has 1 aliphatic carbocycles. The Morgan fingerprint density at radius 1 is 1.14 bits per heavy atom. The van der Waals surface area contributed by atoms with E-state index in [1.165, 1.54) is 17.5 Å². The molecule has 7 nitrogen and oxygen atoms in total. The Kier molecular flexibility index (Phi) is 6.76. The first-order valence-electron chi connectivity index (χ1n) is 9.28. The molecule has 1 amide bonds. The second kappa shape index (κ2) is 9.45. The predicted molar refractivity (Wildman–Crippen MR) is 105 cm³/mol. The molecule has 148 valence electrons. The molecule has 0 atom stereocenters. The number of carbonyl (C=O) groups excluding carboxylic acids is 3. The van der Waals surface area contributed by atoms with Gasteiger partial charge in [-0.3, -0.25) is 9.78 Å². The average Bonchev–Trinajstić information content (AvgIpc) is 2.87. The Morgan fingerprint density at radius 2 is 1.96 bits per heavy atom. The van der Waals surface area contributed by atoms with Crippen LogP contribution in [0.2, 0.25) is 0 Å². The number of amides is 1. The lowest BCUT2D eigenvalue weighted by Gasteiger charge is -2.09. The first-order chi connectivity index (χ1) is 13.6. The lowest BCUT2D eigenvalue weighted by molar-refractivity contribution is -0.119. The number of pyridine rings is 1. The van der Waals surface area contributed by atoms with Crippen LogP contribution in [-0.2, 0) is 27.1 Å². The van der Waals surface area contributed by atoms with Crippen molar-refractivity contribution in [1.82, 2.24) is 4.98 Å². The van der Waals surface area contributed by atoms with Crippen molar-refractivity contribution in [2.45, 2.75) is 39.0 Å². The van der Waals surface area contributed by atoms with E-state index < -0.39 is 24.5 Å². The first kappa shape index (κ1) is 20.0. The summed E-state index contributed by atoms with van der Waals surface area (Å²) in [5.74, 6) is -1.56. The minimum Gasteiger partial charge on any atom is -0.462 e. The summed E-state index contributed by atoms with van der Waals surface area (Å²) in [6.45, 7) is 1.57. The number of anilines is 1. The Labute approximate surface area is 167 Å². The van der Waals surface area contributed by atoms with E-state index in [4.69, 9.17) is 9.47 Å². The maximum Gasteiger partial charge on any atom is 0.341 e. The third kappa shape index (κ3) is 4.75. The van der Waals surface area contributed by atoms with Crippen LogP contribution in [0.4, 0.5) is 5.00 Å². The summed E-state index contributed by atoms with van der Waals surface area (Å²) in [5.41, 5.74) is 1.68. The summed E-state index contributed by atoms with van der Waals surface area (Å²) in [7, 11) is 0. The summed E-state index contributed by atoms with van der Waals surface area (Å²) in [4.78, 5) is 41.7. The van der Waals surface area contributed by atoms with E-state index in [1.54, 1.807) is 25.3 Å². The zero-order valence-corrected chi connectivity index (χ0v) is 16.5. The van der Waals surface area contributed by atoms with Gasteiger partial charge < -0.3 is 14.8 Å². The fraction of sp³-hybridized carbons (Fsp3) is 0.400. The molecule has 0 fully saturated rings. The lowest BCUT2D eigenvalue weighted by Crippen LogP contribution is -2.22. The Morgan fingerprint density at radius 3 is 2.71 bits per heavy atom. The number of fused-ring (bicyclic) bond motifs is 1. The maximum absolute atomic E-state index is 12.5. The Balaban J connectivity index is 1.71. The van der Waals surface area contributed by atoms with E-state index in [9.17, 15) is 14.4 Å². The van der Waals surface area contributed by atoms with Crippen LogP contribution >= 0.6 is 11.3 Å². The van der Waals surface area contributed by atoms with Crippen molar-refractivity contribution in [2.24, 2.45) is 0 Å². The minimum atomic E-state index is -0.629. The number of aryl methyl sites for hydroxylation is 1.